The molecule has 0 spiro atoms. The molecule has 1 heterocycles. The van der Waals surface area contributed by atoms with Crippen molar-refractivity contribution < 1.29 is 4.74 Å². The Morgan fingerprint density at radius 1 is 0.821 bits per heavy atom. The molecule has 2 heteroatoms. The SMILES string of the molecule is CC(COC(c1ccccc1)(c1ccccc1)c1ccccc1)C1CCCN1. The van der Waals surface area contributed by atoms with Crippen LogP contribution in [0, 0.1) is 5.92 Å². The van der Waals surface area contributed by atoms with Gasteiger partial charge in [-0.3, -0.25) is 0 Å². The van der Waals surface area contributed by atoms with Gasteiger partial charge in [0.05, 0.1) is 6.61 Å². The molecule has 3 aromatic carbocycles. The van der Waals surface area contributed by atoms with Gasteiger partial charge in [0.1, 0.15) is 5.60 Å². The molecule has 4 rings (SSSR count). The Hall–Kier alpha value is -2.42. The van der Waals surface area contributed by atoms with E-state index in [9.17, 15) is 0 Å². The van der Waals surface area contributed by atoms with E-state index in [0.29, 0.717) is 18.6 Å². The summed E-state index contributed by atoms with van der Waals surface area (Å²) in [5.41, 5.74) is 2.88. The lowest BCUT2D eigenvalue weighted by atomic mass is 9.80. The average molecular weight is 372 g/mol. The molecule has 0 aliphatic carbocycles. The Kier molecular flexibility index (Phi) is 5.90. The van der Waals surface area contributed by atoms with Gasteiger partial charge in [-0.2, -0.15) is 0 Å². The summed E-state index contributed by atoms with van der Waals surface area (Å²) in [6.07, 6.45) is 2.50. The van der Waals surface area contributed by atoms with Crippen LogP contribution in [0.3, 0.4) is 0 Å². The summed E-state index contributed by atoms with van der Waals surface area (Å²) in [5.74, 6) is 0.456. The third-order valence-corrected chi connectivity index (χ3v) is 5.89. The van der Waals surface area contributed by atoms with E-state index in [0.717, 1.165) is 6.54 Å². The van der Waals surface area contributed by atoms with Crippen LogP contribution in [0.4, 0.5) is 0 Å². The molecule has 1 saturated heterocycles. The first-order valence-corrected chi connectivity index (χ1v) is 10.3. The number of benzene rings is 3. The lowest BCUT2D eigenvalue weighted by Crippen LogP contribution is -2.38. The number of hydrogen-bond acceptors (Lipinski definition) is 2. The minimum atomic E-state index is -0.614. The van der Waals surface area contributed by atoms with Gasteiger partial charge in [-0.25, -0.2) is 0 Å². The molecule has 2 nitrogen and oxygen atoms in total. The van der Waals surface area contributed by atoms with Gasteiger partial charge >= 0.3 is 0 Å². The molecule has 1 fully saturated rings. The number of ether oxygens (including phenoxy) is 1. The van der Waals surface area contributed by atoms with Crippen molar-refractivity contribution in [2.45, 2.75) is 31.4 Å². The number of nitrogens with one attached hydrogen (secondary N) is 1. The molecule has 0 bridgehead atoms. The van der Waals surface area contributed by atoms with Crippen molar-refractivity contribution in [1.82, 2.24) is 5.32 Å². The van der Waals surface area contributed by atoms with Crippen molar-refractivity contribution in [2.75, 3.05) is 13.2 Å². The minimum Gasteiger partial charge on any atom is -0.360 e. The van der Waals surface area contributed by atoms with Crippen molar-refractivity contribution in [2.24, 2.45) is 5.92 Å². The molecule has 2 unspecified atom stereocenters. The Morgan fingerprint density at radius 2 is 1.29 bits per heavy atom. The fourth-order valence-corrected chi connectivity index (χ4v) is 4.34. The van der Waals surface area contributed by atoms with Crippen LogP contribution in [0.25, 0.3) is 0 Å². The lowest BCUT2D eigenvalue weighted by Gasteiger charge is -2.37. The summed E-state index contributed by atoms with van der Waals surface area (Å²) in [6.45, 7) is 4.13. The molecule has 2 atom stereocenters. The quantitative estimate of drug-likeness (QED) is 0.563. The zero-order valence-electron chi connectivity index (χ0n) is 16.6. The summed E-state index contributed by atoms with van der Waals surface area (Å²) in [6, 6.07) is 32.4. The summed E-state index contributed by atoms with van der Waals surface area (Å²) in [5, 5.41) is 3.63. The normalized spacial score (nSPS) is 18.1. The van der Waals surface area contributed by atoms with E-state index in [-0.39, 0.29) is 0 Å². The molecule has 0 saturated carbocycles. The summed E-state index contributed by atoms with van der Waals surface area (Å²) < 4.78 is 6.92. The van der Waals surface area contributed by atoms with E-state index in [1.807, 2.05) is 0 Å². The van der Waals surface area contributed by atoms with Crippen molar-refractivity contribution >= 4 is 0 Å². The van der Waals surface area contributed by atoms with E-state index in [4.69, 9.17) is 4.74 Å². The van der Waals surface area contributed by atoms with Gasteiger partial charge in [-0.05, 0) is 42.0 Å². The van der Waals surface area contributed by atoms with Gasteiger partial charge in [-0.1, -0.05) is 97.9 Å². The van der Waals surface area contributed by atoms with Gasteiger partial charge in [0, 0.05) is 6.04 Å². The van der Waals surface area contributed by atoms with Crippen LogP contribution in [0.15, 0.2) is 91.0 Å². The minimum absolute atomic E-state index is 0.456. The highest BCUT2D eigenvalue weighted by molar-refractivity contribution is 5.47. The van der Waals surface area contributed by atoms with E-state index in [1.54, 1.807) is 0 Å². The van der Waals surface area contributed by atoms with E-state index in [2.05, 4.69) is 103 Å². The zero-order chi connectivity index (χ0) is 19.2. The molecular weight excluding hydrogens is 342 g/mol. The van der Waals surface area contributed by atoms with Gasteiger partial charge in [0.15, 0.2) is 0 Å². The second kappa shape index (κ2) is 8.72. The molecular formula is C26H29NO. The molecule has 0 radical (unpaired) electrons. The van der Waals surface area contributed by atoms with Gasteiger partial charge in [0.2, 0.25) is 0 Å². The molecule has 1 aliphatic heterocycles. The predicted octanol–water partition coefficient (Wildman–Crippen LogP) is 5.38. The maximum atomic E-state index is 6.92. The number of hydrogen-bond donors (Lipinski definition) is 1. The topological polar surface area (TPSA) is 21.3 Å². The van der Waals surface area contributed by atoms with Gasteiger partial charge in [-0.15, -0.1) is 0 Å². The summed E-state index contributed by atoms with van der Waals surface area (Å²) >= 11 is 0. The standard InChI is InChI=1S/C26H29NO/c1-21(25-18-11-19-27-25)20-28-26(22-12-5-2-6-13-22,23-14-7-3-8-15-23)24-16-9-4-10-17-24/h2-10,12-17,21,25,27H,11,18-20H2,1H3. The second-order valence-corrected chi connectivity index (χ2v) is 7.77. The Bertz CT molecular complexity index is 745. The molecule has 0 aromatic heterocycles. The first kappa shape index (κ1) is 18.9. The highest BCUT2D eigenvalue weighted by Gasteiger charge is 2.38. The van der Waals surface area contributed by atoms with Crippen LogP contribution >= 0.6 is 0 Å². The van der Waals surface area contributed by atoms with E-state index >= 15 is 0 Å². The first-order valence-electron chi connectivity index (χ1n) is 10.3. The molecule has 144 valence electrons. The second-order valence-electron chi connectivity index (χ2n) is 7.77. The fraction of sp³-hybridized carbons (Fsp3) is 0.308. The van der Waals surface area contributed by atoms with Crippen molar-refractivity contribution in [1.29, 1.82) is 0 Å². The van der Waals surface area contributed by atoms with Crippen molar-refractivity contribution in [3.63, 3.8) is 0 Å². The average Bonchev–Trinajstić information content (AvgIpc) is 3.31. The summed E-state index contributed by atoms with van der Waals surface area (Å²) in [4.78, 5) is 0. The molecule has 3 aromatic rings. The monoisotopic (exact) mass is 371 g/mol. The largest absolute Gasteiger partial charge is 0.360 e. The third kappa shape index (κ3) is 3.76. The van der Waals surface area contributed by atoms with E-state index < -0.39 is 5.60 Å². The van der Waals surface area contributed by atoms with Gasteiger partial charge in [0.25, 0.3) is 0 Å². The lowest BCUT2D eigenvalue weighted by molar-refractivity contribution is -0.0105. The summed E-state index contributed by atoms with van der Waals surface area (Å²) in [7, 11) is 0. The molecule has 1 N–H and O–H groups in total. The van der Waals surface area contributed by atoms with Crippen LogP contribution in [0.2, 0.25) is 0 Å². The Balaban J connectivity index is 1.78. The maximum absolute atomic E-state index is 6.92. The van der Waals surface area contributed by atoms with Gasteiger partial charge < -0.3 is 10.1 Å². The molecule has 28 heavy (non-hydrogen) atoms. The van der Waals surface area contributed by atoms with Crippen molar-refractivity contribution in [3.8, 4) is 0 Å². The maximum Gasteiger partial charge on any atom is 0.143 e. The van der Waals surface area contributed by atoms with Crippen LogP contribution in [-0.2, 0) is 10.3 Å². The fourth-order valence-electron chi connectivity index (χ4n) is 4.34. The van der Waals surface area contributed by atoms with Crippen LogP contribution in [0.5, 0.6) is 0 Å². The third-order valence-electron chi connectivity index (χ3n) is 5.89. The van der Waals surface area contributed by atoms with Crippen molar-refractivity contribution in [3.05, 3.63) is 108 Å². The van der Waals surface area contributed by atoms with E-state index in [1.165, 1.54) is 29.5 Å². The zero-order valence-corrected chi connectivity index (χ0v) is 16.6. The Morgan fingerprint density at radius 3 is 1.68 bits per heavy atom. The smallest absolute Gasteiger partial charge is 0.143 e. The molecule has 1 aliphatic rings. The number of rotatable bonds is 7. The van der Waals surface area contributed by atoms with Crippen LogP contribution < -0.4 is 5.32 Å². The molecule has 0 amide bonds. The Labute approximate surface area is 168 Å². The van der Waals surface area contributed by atoms with Crippen LogP contribution in [-0.4, -0.2) is 19.2 Å². The predicted molar refractivity (Wildman–Crippen MR) is 115 cm³/mol. The highest BCUT2D eigenvalue weighted by atomic mass is 16.5. The van der Waals surface area contributed by atoms with Crippen LogP contribution in [0.1, 0.15) is 36.5 Å². The highest BCUT2D eigenvalue weighted by Crippen LogP contribution is 2.41. The first-order chi connectivity index (χ1) is 13.8.